The Kier molecular flexibility index (Phi) is 19.3. The number of nitrogens with zero attached hydrogens (tertiary/aromatic N) is 6. The van der Waals surface area contributed by atoms with Crippen molar-refractivity contribution in [3.63, 3.8) is 0 Å². The van der Waals surface area contributed by atoms with Gasteiger partial charge >= 0.3 is 19.5 Å². The van der Waals surface area contributed by atoms with Crippen LogP contribution in [0.25, 0.3) is 22.8 Å². The fourth-order valence-electron chi connectivity index (χ4n) is 2.49. The zero-order valence-electron chi connectivity index (χ0n) is 19.5. The van der Waals surface area contributed by atoms with Gasteiger partial charge in [-0.2, -0.15) is 0 Å². The van der Waals surface area contributed by atoms with Crippen molar-refractivity contribution in [2.75, 3.05) is 0 Å². The second-order valence-electron chi connectivity index (χ2n) is 6.38. The van der Waals surface area contributed by atoms with Gasteiger partial charge in [0.15, 0.2) is 0 Å². The van der Waals surface area contributed by atoms with E-state index in [1.807, 2.05) is 72.8 Å². The molecule has 11 heteroatoms. The van der Waals surface area contributed by atoms with Crippen LogP contribution in [-0.2, 0) is 19.5 Å². The Morgan fingerprint density at radius 1 is 0.405 bits per heavy atom. The van der Waals surface area contributed by atoms with Gasteiger partial charge in [-0.15, -0.1) is 0 Å². The number of rotatable bonds is 2. The van der Waals surface area contributed by atoms with Crippen LogP contribution in [0.4, 0.5) is 0 Å². The van der Waals surface area contributed by atoms with Crippen molar-refractivity contribution in [1.29, 1.82) is 0 Å². The molecule has 0 aromatic carbocycles. The predicted molar refractivity (Wildman–Crippen MR) is 132 cm³/mol. The van der Waals surface area contributed by atoms with Crippen LogP contribution >= 0.6 is 0 Å². The number of halogens is 2. The summed E-state index contributed by atoms with van der Waals surface area (Å²) in [4.78, 5) is 29.6. The Bertz CT molecular complexity index is 1020. The topological polar surface area (TPSA) is 109 Å². The summed E-state index contributed by atoms with van der Waals surface area (Å²) in [6.45, 7) is 0. The van der Waals surface area contributed by atoms with E-state index in [0.29, 0.717) is 0 Å². The number of aromatic amines is 2. The SMILES string of the molecule is [Cl-].[Cl-].[Ru+2].c1c[nH]cn1.c1c[nH]cn1.c1ccc(-c2ccccn2)nc1.c1ccc(-c2ccccn2)nc1. The minimum absolute atomic E-state index is 0. The van der Waals surface area contributed by atoms with Crippen molar-refractivity contribution in [2.45, 2.75) is 0 Å². The van der Waals surface area contributed by atoms with Crippen molar-refractivity contribution < 1.29 is 44.3 Å². The number of imidazole rings is 2. The van der Waals surface area contributed by atoms with Crippen molar-refractivity contribution in [1.82, 2.24) is 39.9 Å². The molecule has 6 aromatic rings. The second-order valence-corrected chi connectivity index (χ2v) is 6.38. The van der Waals surface area contributed by atoms with Gasteiger partial charge in [-0.25, -0.2) is 9.97 Å². The average Bonchev–Trinajstić information content (AvgIpc) is 3.71. The Labute approximate surface area is 241 Å². The maximum Gasteiger partial charge on any atom is 2.00 e. The van der Waals surface area contributed by atoms with Gasteiger partial charge in [0.1, 0.15) is 0 Å². The number of hydrogen-bond acceptors (Lipinski definition) is 6. The van der Waals surface area contributed by atoms with Crippen LogP contribution in [0.2, 0.25) is 0 Å². The van der Waals surface area contributed by atoms with E-state index in [4.69, 9.17) is 0 Å². The van der Waals surface area contributed by atoms with E-state index in [9.17, 15) is 0 Å². The van der Waals surface area contributed by atoms with Gasteiger partial charge in [0.25, 0.3) is 0 Å². The molecule has 0 atom stereocenters. The second kappa shape index (κ2) is 21.5. The summed E-state index contributed by atoms with van der Waals surface area (Å²) < 4.78 is 0. The largest absolute Gasteiger partial charge is 2.00 e. The molecule has 6 rings (SSSR count). The zero-order chi connectivity index (χ0) is 23.5. The first kappa shape index (κ1) is 33.2. The summed E-state index contributed by atoms with van der Waals surface area (Å²) in [5.74, 6) is 0. The van der Waals surface area contributed by atoms with Gasteiger partial charge in [0.2, 0.25) is 0 Å². The molecule has 0 saturated heterocycles. The van der Waals surface area contributed by atoms with E-state index < -0.39 is 0 Å². The minimum atomic E-state index is 0. The molecule has 190 valence electrons. The molecule has 37 heavy (non-hydrogen) atoms. The number of nitrogens with one attached hydrogen (secondary N) is 2. The molecule has 6 aromatic heterocycles. The molecule has 0 aliphatic rings. The first-order valence-electron chi connectivity index (χ1n) is 10.4. The van der Waals surface area contributed by atoms with Gasteiger partial charge in [-0.1, -0.05) is 24.3 Å². The molecule has 0 saturated carbocycles. The van der Waals surface area contributed by atoms with Gasteiger partial charge in [0.05, 0.1) is 35.4 Å². The smallest absolute Gasteiger partial charge is 1.00 e. The summed E-state index contributed by atoms with van der Waals surface area (Å²) in [7, 11) is 0. The van der Waals surface area contributed by atoms with Crippen LogP contribution in [0.5, 0.6) is 0 Å². The third-order valence-electron chi connectivity index (χ3n) is 4.00. The van der Waals surface area contributed by atoms with E-state index in [1.165, 1.54) is 0 Å². The van der Waals surface area contributed by atoms with Crippen LogP contribution < -0.4 is 24.8 Å². The molecular weight excluding hydrogens is 596 g/mol. The van der Waals surface area contributed by atoms with Crippen LogP contribution in [0.15, 0.2) is 135 Å². The normalized spacial score (nSPS) is 8.43. The van der Waals surface area contributed by atoms with Gasteiger partial charge in [-0.3, -0.25) is 19.9 Å². The minimum Gasteiger partial charge on any atom is -1.00 e. The van der Waals surface area contributed by atoms with Crippen molar-refractivity contribution in [2.24, 2.45) is 0 Å². The summed E-state index contributed by atoms with van der Waals surface area (Å²) >= 11 is 0. The summed E-state index contributed by atoms with van der Waals surface area (Å²) in [6, 6.07) is 23.2. The van der Waals surface area contributed by atoms with E-state index in [-0.39, 0.29) is 44.3 Å². The molecule has 2 N–H and O–H groups in total. The molecule has 6 heterocycles. The average molecular weight is 621 g/mol. The number of aromatic nitrogens is 8. The molecule has 0 unspecified atom stereocenters. The standard InChI is InChI=1S/2C10H8N2.2C3H4N2.2ClH.Ru/c2*1-3-7-11-9(5-1)10-6-2-4-8-12-10;2*1-2-5-3-4-1;;;/h2*1-8H;2*1-3H,(H,4,5);2*1H;/q;;;;;;+2/p-2. The van der Waals surface area contributed by atoms with E-state index in [1.54, 1.807) is 62.2 Å². The Morgan fingerprint density at radius 2 is 0.703 bits per heavy atom. The zero-order valence-corrected chi connectivity index (χ0v) is 22.7. The van der Waals surface area contributed by atoms with Crippen LogP contribution in [0, 0.1) is 0 Å². The fraction of sp³-hybridized carbons (Fsp3) is 0. The predicted octanol–water partition coefficient (Wildman–Crippen LogP) is -0.888. The van der Waals surface area contributed by atoms with E-state index in [0.717, 1.165) is 22.8 Å². The molecule has 0 spiro atoms. The molecule has 0 bridgehead atoms. The van der Waals surface area contributed by atoms with Crippen LogP contribution in [0.3, 0.4) is 0 Å². The third-order valence-corrected chi connectivity index (χ3v) is 4.00. The number of pyridine rings is 4. The fourth-order valence-corrected chi connectivity index (χ4v) is 2.49. The molecule has 0 aliphatic heterocycles. The summed E-state index contributed by atoms with van der Waals surface area (Å²) in [5, 5.41) is 0. The molecular formula is C26H24Cl2N8Ru. The van der Waals surface area contributed by atoms with Crippen LogP contribution in [-0.4, -0.2) is 39.9 Å². The van der Waals surface area contributed by atoms with Gasteiger partial charge < -0.3 is 34.8 Å². The Balaban J connectivity index is 0.000000487. The first-order valence-corrected chi connectivity index (χ1v) is 10.4. The monoisotopic (exact) mass is 620 g/mol. The van der Waals surface area contributed by atoms with Crippen molar-refractivity contribution in [3.8, 4) is 22.8 Å². The van der Waals surface area contributed by atoms with E-state index in [2.05, 4.69) is 39.9 Å². The summed E-state index contributed by atoms with van der Waals surface area (Å²) in [6.07, 6.45) is 17.2. The first-order chi connectivity index (χ1) is 16.9. The number of hydrogen-bond donors (Lipinski definition) is 2. The van der Waals surface area contributed by atoms with Crippen molar-refractivity contribution >= 4 is 0 Å². The molecule has 0 fully saturated rings. The van der Waals surface area contributed by atoms with E-state index >= 15 is 0 Å². The third kappa shape index (κ3) is 13.8. The maximum absolute atomic E-state index is 4.19. The maximum atomic E-state index is 4.19. The van der Waals surface area contributed by atoms with Gasteiger partial charge in [-0.05, 0) is 48.5 Å². The number of H-pyrrole nitrogens is 2. The van der Waals surface area contributed by atoms with Gasteiger partial charge in [0, 0.05) is 49.6 Å². The quantitative estimate of drug-likeness (QED) is 0.244. The molecule has 0 radical (unpaired) electrons. The summed E-state index contributed by atoms with van der Waals surface area (Å²) in [5.41, 5.74) is 3.66. The van der Waals surface area contributed by atoms with Crippen molar-refractivity contribution in [3.05, 3.63) is 135 Å². The molecule has 0 amide bonds. The molecule has 8 nitrogen and oxygen atoms in total. The van der Waals surface area contributed by atoms with Crippen LogP contribution in [0.1, 0.15) is 0 Å². The molecule has 0 aliphatic carbocycles. The Morgan fingerprint density at radius 3 is 0.838 bits per heavy atom. The Hall–Kier alpha value is -3.78.